The molecule has 2 rings (SSSR count). The van der Waals surface area contributed by atoms with Crippen LogP contribution in [0.3, 0.4) is 0 Å². The van der Waals surface area contributed by atoms with Crippen LogP contribution in [0.1, 0.15) is 22.8 Å². The predicted octanol–water partition coefficient (Wildman–Crippen LogP) is 2.77. The number of benzene rings is 2. The molecule has 0 fully saturated rings. The van der Waals surface area contributed by atoms with Gasteiger partial charge in [-0.1, -0.05) is 12.1 Å². The first-order valence-corrected chi connectivity index (χ1v) is 7.97. The van der Waals surface area contributed by atoms with Gasteiger partial charge < -0.3 is 14.2 Å². The molecule has 0 aromatic heterocycles. The van der Waals surface area contributed by atoms with E-state index in [2.05, 4.69) is 10.5 Å². The lowest BCUT2D eigenvalue weighted by atomic mass is 10.2. The second-order valence-corrected chi connectivity index (χ2v) is 5.16. The first-order valence-electron chi connectivity index (χ1n) is 7.97. The lowest BCUT2D eigenvalue weighted by molar-refractivity contribution is -0.385. The molecule has 2 aromatic carbocycles. The molecule has 0 aliphatic carbocycles. The van der Waals surface area contributed by atoms with E-state index in [0.29, 0.717) is 16.9 Å². The highest BCUT2D eigenvalue weighted by atomic mass is 16.6. The van der Waals surface area contributed by atoms with Crippen LogP contribution in [0, 0.1) is 10.1 Å². The van der Waals surface area contributed by atoms with Crippen LogP contribution in [0.15, 0.2) is 41.5 Å². The number of para-hydroxylation sites is 1. The molecule has 0 aliphatic heterocycles. The van der Waals surface area contributed by atoms with Crippen molar-refractivity contribution in [1.82, 2.24) is 5.43 Å². The highest BCUT2D eigenvalue weighted by molar-refractivity contribution is 5.97. The number of nitro groups is 1. The first kappa shape index (κ1) is 19.7. The summed E-state index contributed by atoms with van der Waals surface area (Å²) in [6.07, 6.45) is 1.28. The van der Waals surface area contributed by atoms with E-state index in [4.69, 9.17) is 14.2 Å². The SMILES string of the molecule is CCOc1c(OC)cc(/C=N/NC(=O)c2ccccc2OC)cc1[N+](=O)[O-]. The topological polar surface area (TPSA) is 112 Å². The van der Waals surface area contributed by atoms with E-state index < -0.39 is 10.8 Å². The monoisotopic (exact) mass is 373 g/mol. The van der Waals surface area contributed by atoms with Gasteiger partial charge in [0, 0.05) is 11.6 Å². The Morgan fingerprint density at radius 1 is 1.22 bits per heavy atom. The van der Waals surface area contributed by atoms with E-state index in [-0.39, 0.29) is 23.8 Å². The van der Waals surface area contributed by atoms with Gasteiger partial charge in [0.15, 0.2) is 5.75 Å². The number of ether oxygens (including phenoxy) is 3. The highest BCUT2D eigenvalue weighted by Gasteiger charge is 2.21. The van der Waals surface area contributed by atoms with Crippen molar-refractivity contribution < 1.29 is 23.9 Å². The van der Waals surface area contributed by atoms with Gasteiger partial charge in [0.25, 0.3) is 5.91 Å². The minimum atomic E-state index is -0.571. The summed E-state index contributed by atoms with van der Waals surface area (Å²) in [5.74, 6) is 0.170. The zero-order valence-electron chi connectivity index (χ0n) is 15.1. The van der Waals surface area contributed by atoms with Gasteiger partial charge in [-0.3, -0.25) is 14.9 Å². The third-order valence-corrected chi connectivity index (χ3v) is 3.49. The molecule has 142 valence electrons. The van der Waals surface area contributed by atoms with E-state index >= 15 is 0 Å². The normalized spacial score (nSPS) is 10.5. The van der Waals surface area contributed by atoms with Gasteiger partial charge in [0.2, 0.25) is 5.75 Å². The molecule has 0 aliphatic rings. The maximum atomic E-state index is 12.2. The fourth-order valence-corrected chi connectivity index (χ4v) is 2.32. The lowest BCUT2D eigenvalue weighted by Gasteiger charge is -2.10. The number of methoxy groups -OCH3 is 2. The molecule has 2 aromatic rings. The summed E-state index contributed by atoms with van der Waals surface area (Å²) in [4.78, 5) is 22.9. The molecule has 0 saturated carbocycles. The van der Waals surface area contributed by atoms with E-state index in [1.807, 2.05) is 0 Å². The Labute approximate surface area is 155 Å². The molecule has 27 heavy (non-hydrogen) atoms. The molecule has 9 heteroatoms. The van der Waals surface area contributed by atoms with Crippen molar-refractivity contribution >= 4 is 17.8 Å². The quantitative estimate of drug-likeness (QED) is 0.432. The number of amides is 1. The van der Waals surface area contributed by atoms with Crippen LogP contribution in [0.5, 0.6) is 17.2 Å². The molecule has 0 unspecified atom stereocenters. The minimum Gasteiger partial charge on any atom is -0.496 e. The number of nitrogens with one attached hydrogen (secondary N) is 1. The Hall–Kier alpha value is -3.62. The van der Waals surface area contributed by atoms with Crippen LogP contribution in [-0.4, -0.2) is 37.9 Å². The molecule has 0 heterocycles. The van der Waals surface area contributed by atoms with Crippen LogP contribution >= 0.6 is 0 Å². The Kier molecular flexibility index (Phi) is 6.70. The van der Waals surface area contributed by atoms with E-state index in [0.717, 1.165) is 0 Å². The van der Waals surface area contributed by atoms with Crippen molar-refractivity contribution in [3.8, 4) is 17.2 Å². The number of rotatable bonds is 8. The zero-order chi connectivity index (χ0) is 19.8. The molecule has 1 amide bonds. The summed E-state index contributed by atoms with van der Waals surface area (Å²) in [7, 11) is 2.84. The van der Waals surface area contributed by atoms with Crippen LogP contribution in [0.25, 0.3) is 0 Å². The van der Waals surface area contributed by atoms with Crippen molar-refractivity contribution in [3.63, 3.8) is 0 Å². The van der Waals surface area contributed by atoms with Crippen LogP contribution in [0.4, 0.5) is 5.69 Å². The lowest BCUT2D eigenvalue weighted by Crippen LogP contribution is -2.18. The smallest absolute Gasteiger partial charge is 0.315 e. The summed E-state index contributed by atoms with van der Waals surface area (Å²) in [6, 6.07) is 9.49. The summed E-state index contributed by atoms with van der Waals surface area (Å²) < 4.78 is 15.6. The largest absolute Gasteiger partial charge is 0.496 e. The molecular formula is C18H19N3O6. The number of carbonyl (C=O) groups excluding carboxylic acids is 1. The number of hydrogen-bond acceptors (Lipinski definition) is 7. The van der Waals surface area contributed by atoms with Crippen molar-refractivity contribution in [2.24, 2.45) is 5.10 Å². The fraction of sp³-hybridized carbons (Fsp3) is 0.222. The van der Waals surface area contributed by atoms with Gasteiger partial charge in [-0.25, -0.2) is 5.43 Å². The third kappa shape index (κ3) is 4.72. The summed E-state index contributed by atoms with van der Waals surface area (Å²) in [6.45, 7) is 1.96. The molecular weight excluding hydrogens is 354 g/mol. The third-order valence-electron chi connectivity index (χ3n) is 3.49. The average Bonchev–Trinajstić information content (AvgIpc) is 2.68. The van der Waals surface area contributed by atoms with E-state index in [9.17, 15) is 14.9 Å². The number of carbonyl (C=O) groups is 1. The number of nitrogens with zero attached hydrogens (tertiary/aromatic N) is 2. The Morgan fingerprint density at radius 2 is 1.93 bits per heavy atom. The summed E-state index contributed by atoms with van der Waals surface area (Å²) in [5, 5.41) is 15.1. The molecule has 0 spiro atoms. The standard InChI is InChI=1S/C18H19N3O6/c1-4-27-17-14(21(23)24)9-12(10-16(17)26-3)11-19-20-18(22)13-7-5-6-8-15(13)25-2/h5-11H,4H2,1-3H3,(H,20,22)/b19-11+. The van der Waals surface area contributed by atoms with Crippen molar-refractivity contribution in [2.75, 3.05) is 20.8 Å². The van der Waals surface area contributed by atoms with Crippen LogP contribution in [-0.2, 0) is 0 Å². The number of hydrogen-bond donors (Lipinski definition) is 1. The van der Waals surface area contributed by atoms with Crippen LogP contribution < -0.4 is 19.6 Å². The first-order chi connectivity index (χ1) is 13.0. The second-order valence-electron chi connectivity index (χ2n) is 5.16. The molecule has 0 bridgehead atoms. The maximum absolute atomic E-state index is 12.2. The fourth-order valence-electron chi connectivity index (χ4n) is 2.32. The van der Waals surface area contributed by atoms with Gasteiger partial charge in [-0.2, -0.15) is 5.10 Å². The molecule has 0 radical (unpaired) electrons. The van der Waals surface area contributed by atoms with Crippen molar-refractivity contribution in [1.29, 1.82) is 0 Å². The number of hydrazone groups is 1. The van der Waals surface area contributed by atoms with Gasteiger partial charge in [-0.15, -0.1) is 0 Å². The van der Waals surface area contributed by atoms with E-state index in [1.54, 1.807) is 31.2 Å². The Morgan fingerprint density at radius 3 is 2.56 bits per heavy atom. The van der Waals surface area contributed by atoms with Gasteiger partial charge in [-0.05, 0) is 25.1 Å². The van der Waals surface area contributed by atoms with Gasteiger partial charge >= 0.3 is 5.69 Å². The predicted molar refractivity (Wildman–Crippen MR) is 98.9 cm³/mol. The average molecular weight is 373 g/mol. The summed E-state index contributed by atoms with van der Waals surface area (Å²) >= 11 is 0. The second kappa shape index (κ2) is 9.18. The van der Waals surface area contributed by atoms with Gasteiger partial charge in [0.1, 0.15) is 5.75 Å². The highest BCUT2D eigenvalue weighted by Crippen LogP contribution is 2.37. The summed E-state index contributed by atoms with van der Waals surface area (Å²) in [5.41, 5.74) is 2.78. The van der Waals surface area contributed by atoms with Crippen molar-refractivity contribution in [3.05, 3.63) is 57.6 Å². The minimum absolute atomic E-state index is 0.0419. The maximum Gasteiger partial charge on any atom is 0.315 e. The van der Waals surface area contributed by atoms with Gasteiger partial charge in [0.05, 0.1) is 37.5 Å². The van der Waals surface area contributed by atoms with Crippen molar-refractivity contribution in [2.45, 2.75) is 6.92 Å². The molecule has 0 atom stereocenters. The Balaban J connectivity index is 2.25. The molecule has 0 saturated heterocycles. The molecule has 9 nitrogen and oxygen atoms in total. The van der Waals surface area contributed by atoms with Crippen LogP contribution in [0.2, 0.25) is 0 Å². The zero-order valence-corrected chi connectivity index (χ0v) is 15.1. The molecule has 1 N–H and O–H groups in total. The Bertz CT molecular complexity index is 866. The number of nitro benzene ring substituents is 1. The van der Waals surface area contributed by atoms with E-state index in [1.165, 1.54) is 32.6 Å².